The molecular formula is C23H24BrN3O5. The molecule has 32 heavy (non-hydrogen) atoms. The van der Waals surface area contributed by atoms with Crippen LogP contribution in [0.3, 0.4) is 0 Å². The van der Waals surface area contributed by atoms with Crippen molar-refractivity contribution in [2.24, 2.45) is 0 Å². The van der Waals surface area contributed by atoms with E-state index in [0.717, 1.165) is 25.7 Å². The van der Waals surface area contributed by atoms with Crippen molar-refractivity contribution in [3.05, 3.63) is 76.0 Å². The smallest absolute Gasteiger partial charge is 0.269 e. The number of benzene rings is 2. The largest absolute Gasteiger partial charge is 0.496 e. The number of non-ortho nitro benzene ring substituents is 1. The molecule has 1 fully saturated rings. The maximum atomic E-state index is 13.2. The molecule has 2 aromatic carbocycles. The van der Waals surface area contributed by atoms with E-state index in [2.05, 4.69) is 26.6 Å². The lowest BCUT2D eigenvalue weighted by Gasteiger charge is -2.28. The highest BCUT2D eigenvalue weighted by Crippen LogP contribution is 2.28. The first-order valence-electron chi connectivity index (χ1n) is 10.2. The highest BCUT2D eigenvalue weighted by atomic mass is 79.9. The number of nitro groups is 1. The van der Waals surface area contributed by atoms with Crippen molar-refractivity contribution in [2.45, 2.75) is 36.6 Å². The van der Waals surface area contributed by atoms with Gasteiger partial charge in [0, 0.05) is 40.3 Å². The van der Waals surface area contributed by atoms with Gasteiger partial charge in [-0.1, -0.05) is 47.0 Å². The molecule has 0 bridgehead atoms. The van der Waals surface area contributed by atoms with Crippen LogP contribution in [-0.2, 0) is 4.79 Å². The zero-order valence-corrected chi connectivity index (χ0v) is 19.1. The summed E-state index contributed by atoms with van der Waals surface area (Å²) < 4.78 is 5.41. The van der Waals surface area contributed by atoms with Crippen LogP contribution in [0.2, 0.25) is 0 Å². The van der Waals surface area contributed by atoms with E-state index in [4.69, 9.17) is 4.74 Å². The topological polar surface area (TPSA) is 111 Å². The van der Waals surface area contributed by atoms with Crippen molar-refractivity contribution in [3.63, 3.8) is 0 Å². The third-order valence-corrected chi connectivity index (χ3v) is 6.42. The zero-order valence-electron chi connectivity index (χ0n) is 17.5. The normalized spacial score (nSPS) is 18.5. The molecule has 8 nitrogen and oxygen atoms in total. The minimum atomic E-state index is -0.534. The van der Waals surface area contributed by atoms with Gasteiger partial charge in [-0.15, -0.1) is 0 Å². The molecule has 2 amide bonds. The number of nitrogens with one attached hydrogen (secondary N) is 2. The first-order chi connectivity index (χ1) is 15.4. The van der Waals surface area contributed by atoms with Gasteiger partial charge in [0.2, 0.25) is 0 Å². The molecular weight excluding hydrogens is 478 g/mol. The number of halogens is 1. The van der Waals surface area contributed by atoms with E-state index in [1.54, 1.807) is 24.3 Å². The van der Waals surface area contributed by atoms with Crippen LogP contribution in [0.1, 0.15) is 41.6 Å². The number of ether oxygens (including phenoxy) is 1. The Kier molecular flexibility index (Phi) is 7.99. The summed E-state index contributed by atoms with van der Waals surface area (Å²) in [6.07, 6.45) is 5.36. The fraction of sp³-hybridized carbons (Fsp3) is 0.304. The molecule has 2 aromatic rings. The Bertz CT molecular complexity index is 1020. The van der Waals surface area contributed by atoms with Crippen molar-refractivity contribution in [3.8, 4) is 5.75 Å². The number of hydrogen-bond acceptors (Lipinski definition) is 5. The lowest BCUT2D eigenvalue weighted by molar-refractivity contribution is -0.384. The number of amides is 2. The number of hydrogen-bond donors (Lipinski definition) is 2. The predicted molar refractivity (Wildman–Crippen MR) is 125 cm³/mol. The van der Waals surface area contributed by atoms with E-state index < -0.39 is 10.8 Å². The van der Waals surface area contributed by atoms with Crippen LogP contribution in [0.4, 0.5) is 5.69 Å². The number of nitro benzene ring substituents is 1. The van der Waals surface area contributed by atoms with Crippen molar-refractivity contribution in [1.82, 2.24) is 10.6 Å². The van der Waals surface area contributed by atoms with Crippen LogP contribution in [0, 0.1) is 10.1 Å². The second-order valence-electron chi connectivity index (χ2n) is 7.42. The van der Waals surface area contributed by atoms with E-state index in [0.29, 0.717) is 11.3 Å². The zero-order chi connectivity index (χ0) is 23.1. The maximum absolute atomic E-state index is 13.2. The SMILES string of the molecule is COc1ccccc1C(=CNC(=O)c1ccc([N+](=O)[O-])cc1)C(=O)NC1CCCCC1Br. The summed E-state index contributed by atoms with van der Waals surface area (Å²) in [6, 6.07) is 12.3. The highest BCUT2D eigenvalue weighted by Gasteiger charge is 2.26. The Morgan fingerprint density at radius 2 is 1.81 bits per heavy atom. The van der Waals surface area contributed by atoms with Crippen molar-refractivity contribution in [1.29, 1.82) is 0 Å². The number of carbonyl (C=O) groups is 2. The number of rotatable bonds is 7. The molecule has 0 spiro atoms. The molecule has 0 radical (unpaired) electrons. The van der Waals surface area contributed by atoms with Gasteiger partial charge in [0.05, 0.1) is 17.6 Å². The van der Waals surface area contributed by atoms with Gasteiger partial charge in [-0.2, -0.15) is 0 Å². The number of nitrogens with zero attached hydrogens (tertiary/aromatic N) is 1. The fourth-order valence-corrected chi connectivity index (χ4v) is 4.30. The van der Waals surface area contributed by atoms with E-state index in [1.807, 2.05) is 0 Å². The van der Waals surface area contributed by atoms with E-state index in [9.17, 15) is 19.7 Å². The quantitative estimate of drug-likeness (QED) is 0.255. The summed E-state index contributed by atoms with van der Waals surface area (Å²) in [6.45, 7) is 0. The lowest BCUT2D eigenvalue weighted by atomic mass is 9.94. The average molecular weight is 502 g/mol. The average Bonchev–Trinajstić information content (AvgIpc) is 2.81. The third-order valence-electron chi connectivity index (χ3n) is 5.33. The summed E-state index contributed by atoms with van der Waals surface area (Å²) >= 11 is 3.65. The summed E-state index contributed by atoms with van der Waals surface area (Å²) in [4.78, 5) is 36.3. The van der Waals surface area contributed by atoms with E-state index >= 15 is 0 Å². The summed E-state index contributed by atoms with van der Waals surface area (Å²) in [5, 5.41) is 16.5. The number of para-hydroxylation sites is 1. The molecule has 0 aliphatic heterocycles. The molecule has 0 saturated heterocycles. The summed E-state index contributed by atoms with van der Waals surface area (Å²) in [7, 11) is 1.51. The second kappa shape index (κ2) is 10.9. The minimum Gasteiger partial charge on any atom is -0.496 e. The van der Waals surface area contributed by atoms with Crippen molar-refractivity contribution >= 4 is 39.0 Å². The van der Waals surface area contributed by atoms with Crippen LogP contribution >= 0.6 is 15.9 Å². The highest BCUT2D eigenvalue weighted by molar-refractivity contribution is 9.09. The van der Waals surface area contributed by atoms with Gasteiger partial charge in [0.15, 0.2) is 0 Å². The number of carbonyl (C=O) groups excluding carboxylic acids is 2. The Balaban J connectivity index is 1.85. The molecule has 0 aromatic heterocycles. The molecule has 1 aliphatic rings. The second-order valence-corrected chi connectivity index (χ2v) is 8.59. The molecule has 1 saturated carbocycles. The summed E-state index contributed by atoms with van der Waals surface area (Å²) in [5.74, 6) is -0.316. The monoisotopic (exact) mass is 501 g/mol. The molecule has 9 heteroatoms. The van der Waals surface area contributed by atoms with Crippen LogP contribution in [-0.4, -0.2) is 34.7 Å². The van der Waals surface area contributed by atoms with Crippen LogP contribution < -0.4 is 15.4 Å². The summed E-state index contributed by atoms with van der Waals surface area (Å²) in [5.41, 5.74) is 0.920. The Hall–Kier alpha value is -3.20. The first kappa shape index (κ1) is 23.5. The molecule has 2 unspecified atom stereocenters. The van der Waals surface area contributed by atoms with Gasteiger partial charge in [-0.25, -0.2) is 0 Å². The molecule has 168 valence electrons. The van der Waals surface area contributed by atoms with Crippen LogP contribution in [0.25, 0.3) is 5.57 Å². The molecule has 3 rings (SSSR count). The minimum absolute atomic E-state index is 0.0141. The van der Waals surface area contributed by atoms with Gasteiger partial charge in [-0.3, -0.25) is 19.7 Å². The van der Waals surface area contributed by atoms with Gasteiger partial charge in [-0.05, 0) is 31.0 Å². The first-order valence-corrected chi connectivity index (χ1v) is 11.2. The Morgan fingerprint density at radius 3 is 2.47 bits per heavy atom. The molecule has 0 heterocycles. The third kappa shape index (κ3) is 5.73. The van der Waals surface area contributed by atoms with Gasteiger partial charge >= 0.3 is 0 Å². The molecule has 2 N–H and O–H groups in total. The Labute approximate surface area is 194 Å². The fourth-order valence-electron chi connectivity index (χ4n) is 3.58. The van der Waals surface area contributed by atoms with Gasteiger partial charge in [0.1, 0.15) is 5.75 Å². The lowest BCUT2D eigenvalue weighted by Crippen LogP contribution is -2.43. The van der Waals surface area contributed by atoms with Crippen molar-refractivity contribution < 1.29 is 19.2 Å². The van der Waals surface area contributed by atoms with Gasteiger partial charge in [0.25, 0.3) is 17.5 Å². The molecule has 1 aliphatic carbocycles. The van der Waals surface area contributed by atoms with E-state index in [1.165, 1.54) is 37.6 Å². The Morgan fingerprint density at radius 1 is 1.12 bits per heavy atom. The number of alkyl halides is 1. The maximum Gasteiger partial charge on any atom is 0.269 e. The standard InChI is InChI=1S/C23H24BrN3O5/c1-32-21-9-5-2-6-17(21)18(23(29)26-20-8-4-3-7-19(20)24)14-25-22(28)15-10-12-16(13-11-15)27(30)31/h2,5-6,9-14,19-20H,3-4,7-8H2,1H3,(H,25,28)(H,26,29). The number of methoxy groups -OCH3 is 1. The predicted octanol–water partition coefficient (Wildman–Crippen LogP) is 4.20. The molecule has 2 atom stereocenters. The van der Waals surface area contributed by atoms with Crippen molar-refractivity contribution in [2.75, 3.05) is 7.11 Å². The van der Waals surface area contributed by atoms with E-state index in [-0.39, 0.29) is 33.6 Å². The van der Waals surface area contributed by atoms with Gasteiger partial charge < -0.3 is 15.4 Å². The van der Waals surface area contributed by atoms with Crippen LogP contribution in [0.5, 0.6) is 5.75 Å². The van der Waals surface area contributed by atoms with Crippen LogP contribution in [0.15, 0.2) is 54.7 Å².